The fraction of sp³-hybridized carbons (Fsp3) is 0.0500. The van der Waals surface area contributed by atoms with Gasteiger partial charge < -0.3 is 0 Å². The maximum absolute atomic E-state index is 12.8. The Balaban J connectivity index is 1.75. The van der Waals surface area contributed by atoms with Gasteiger partial charge in [-0.05, 0) is 36.6 Å². The third-order valence-electron chi connectivity index (χ3n) is 4.35. The molecule has 0 N–H and O–H groups in total. The van der Waals surface area contributed by atoms with Crippen molar-refractivity contribution in [3.05, 3.63) is 90.5 Å². The summed E-state index contributed by atoms with van der Waals surface area (Å²) in [6.45, 7) is 1.54. The van der Waals surface area contributed by atoms with Gasteiger partial charge in [-0.1, -0.05) is 35.6 Å². The Bertz CT molecular complexity index is 1500. The molecule has 0 fully saturated rings. The highest BCUT2D eigenvalue weighted by atomic mass is 32.1. The maximum atomic E-state index is 12.8. The number of rotatable bonds is 3. The molecule has 0 aliphatic rings. The smallest absolute Gasteiger partial charge is 0.266 e. The zero-order chi connectivity index (χ0) is 20.0. The number of hydrogen-bond acceptors (Lipinski definition) is 7. The molecular weight excluding hydrogens is 406 g/mol. The Kier molecular flexibility index (Phi) is 4.18. The van der Waals surface area contributed by atoms with Gasteiger partial charge in [-0.15, -0.1) is 11.3 Å². The molecule has 0 unspecified atom stereocenters. The highest BCUT2D eigenvalue weighted by Crippen LogP contribution is 2.28. The number of para-hydroxylation sites is 1. The molecule has 0 aliphatic heterocycles. The number of hydrogen-bond donors (Lipinski definition) is 0. The molecule has 0 aliphatic carbocycles. The zero-order valence-corrected chi connectivity index (χ0v) is 16.8. The Morgan fingerprint density at radius 1 is 1.03 bits per heavy atom. The second kappa shape index (κ2) is 6.87. The van der Waals surface area contributed by atoms with E-state index in [2.05, 4.69) is 10.1 Å². The summed E-state index contributed by atoms with van der Waals surface area (Å²) in [5.41, 5.74) is 1.99. The van der Waals surface area contributed by atoms with Crippen molar-refractivity contribution in [3.8, 4) is 16.3 Å². The van der Waals surface area contributed by atoms with Crippen molar-refractivity contribution in [2.24, 2.45) is 0 Å². The minimum Gasteiger partial charge on any atom is -0.266 e. The van der Waals surface area contributed by atoms with E-state index in [1.165, 1.54) is 4.52 Å². The van der Waals surface area contributed by atoms with E-state index >= 15 is 0 Å². The second-order valence-electron chi connectivity index (χ2n) is 6.30. The third kappa shape index (κ3) is 3.10. The lowest BCUT2D eigenvalue weighted by Crippen LogP contribution is -2.27. The van der Waals surface area contributed by atoms with Gasteiger partial charge in [0.25, 0.3) is 11.1 Å². The molecule has 0 bridgehead atoms. The molecule has 0 radical (unpaired) electrons. The molecule has 0 saturated heterocycles. The van der Waals surface area contributed by atoms with Crippen molar-refractivity contribution in [2.45, 2.75) is 6.92 Å². The molecule has 0 spiro atoms. The fourth-order valence-corrected chi connectivity index (χ4v) is 4.56. The first-order valence-electron chi connectivity index (χ1n) is 8.71. The standard InChI is InChI=1S/C20H13N5O2S2/c1-12-18(26)21-20-25(22-12)19(27)16(29-20)10-13-11-24(14-6-3-2-4-7-14)23-17(13)15-8-5-9-28-15/h2-11H,1H3/b16-10-. The summed E-state index contributed by atoms with van der Waals surface area (Å²) in [5.74, 6) is 0. The maximum Gasteiger partial charge on any atom is 0.295 e. The van der Waals surface area contributed by atoms with E-state index in [-0.39, 0.29) is 16.2 Å². The van der Waals surface area contributed by atoms with Gasteiger partial charge in [0.15, 0.2) is 0 Å². The predicted molar refractivity (Wildman–Crippen MR) is 114 cm³/mol. The van der Waals surface area contributed by atoms with E-state index in [9.17, 15) is 9.59 Å². The van der Waals surface area contributed by atoms with Crippen molar-refractivity contribution in [1.29, 1.82) is 0 Å². The first-order valence-corrected chi connectivity index (χ1v) is 10.4. The van der Waals surface area contributed by atoms with Crippen LogP contribution < -0.4 is 15.7 Å². The molecule has 29 heavy (non-hydrogen) atoms. The first kappa shape index (κ1) is 17.7. The van der Waals surface area contributed by atoms with Gasteiger partial charge in [0.2, 0.25) is 4.96 Å². The van der Waals surface area contributed by atoms with E-state index < -0.39 is 5.56 Å². The van der Waals surface area contributed by atoms with Crippen molar-refractivity contribution in [2.75, 3.05) is 0 Å². The molecule has 142 valence electrons. The van der Waals surface area contributed by atoms with Gasteiger partial charge in [0.1, 0.15) is 11.4 Å². The summed E-state index contributed by atoms with van der Waals surface area (Å²) < 4.78 is 3.42. The average molecular weight is 419 g/mol. The van der Waals surface area contributed by atoms with E-state index in [1.807, 2.05) is 54.0 Å². The van der Waals surface area contributed by atoms with Crippen LogP contribution in [0.25, 0.3) is 27.3 Å². The topological polar surface area (TPSA) is 82.2 Å². The Morgan fingerprint density at radius 2 is 1.86 bits per heavy atom. The normalized spacial score (nSPS) is 12.1. The molecule has 1 aromatic carbocycles. The van der Waals surface area contributed by atoms with E-state index in [0.717, 1.165) is 33.2 Å². The molecular formula is C20H13N5O2S2. The number of aromatic nitrogens is 5. The molecule has 5 rings (SSSR count). The van der Waals surface area contributed by atoms with Crippen molar-refractivity contribution >= 4 is 33.7 Å². The van der Waals surface area contributed by atoms with E-state index in [1.54, 1.807) is 29.0 Å². The summed E-state index contributed by atoms with van der Waals surface area (Å²) in [6, 6.07) is 13.7. The Labute approximate surface area is 171 Å². The van der Waals surface area contributed by atoms with E-state index in [0.29, 0.717) is 4.53 Å². The Morgan fingerprint density at radius 3 is 2.62 bits per heavy atom. The molecule has 5 aromatic rings. The van der Waals surface area contributed by atoms with Crippen LogP contribution in [0, 0.1) is 6.92 Å². The van der Waals surface area contributed by atoms with Crippen molar-refractivity contribution in [1.82, 2.24) is 24.4 Å². The Hall–Kier alpha value is -3.43. The predicted octanol–water partition coefficient (Wildman–Crippen LogP) is 2.28. The second-order valence-corrected chi connectivity index (χ2v) is 8.26. The van der Waals surface area contributed by atoms with Crippen LogP contribution in [0.15, 0.2) is 63.6 Å². The molecule has 7 nitrogen and oxygen atoms in total. The van der Waals surface area contributed by atoms with Crippen LogP contribution in [-0.2, 0) is 0 Å². The minimum absolute atomic E-state index is 0.195. The highest BCUT2D eigenvalue weighted by molar-refractivity contribution is 7.15. The van der Waals surface area contributed by atoms with Crippen LogP contribution in [0.5, 0.6) is 0 Å². The number of thiophene rings is 1. The van der Waals surface area contributed by atoms with Gasteiger partial charge in [0.05, 0.1) is 15.1 Å². The molecule has 0 saturated carbocycles. The van der Waals surface area contributed by atoms with Gasteiger partial charge in [-0.25, -0.2) is 4.68 Å². The number of benzene rings is 1. The zero-order valence-electron chi connectivity index (χ0n) is 15.1. The quantitative estimate of drug-likeness (QED) is 0.448. The van der Waals surface area contributed by atoms with Crippen LogP contribution in [0.2, 0.25) is 0 Å². The molecule has 0 amide bonds. The number of fused-ring (bicyclic) bond motifs is 1. The summed E-state index contributed by atoms with van der Waals surface area (Å²) in [5, 5.41) is 10.8. The molecule has 4 heterocycles. The SMILES string of the molecule is Cc1nn2c(=O)/c(=C/c3cn(-c4ccccc4)nc3-c3cccs3)sc2nc1=O. The molecule has 0 atom stereocenters. The lowest BCUT2D eigenvalue weighted by Gasteiger charge is -1.99. The van der Waals surface area contributed by atoms with Gasteiger partial charge in [-0.2, -0.15) is 19.7 Å². The summed E-state index contributed by atoms with van der Waals surface area (Å²) in [7, 11) is 0. The van der Waals surface area contributed by atoms with Crippen LogP contribution in [0.3, 0.4) is 0 Å². The average Bonchev–Trinajstić information content (AvgIpc) is 3.45. The van der Waals surface area contributed by atoms with Gasteiger partial charge >= 0.3 is 0 Å². The third-order valence-corrected chi connectivity index (χ3v) is 6.18. The largest absolute Gasteiger partial charge is 0.295 e. The minimum atomic E-state index is -0.422. The molecule has 9 heteroatoms. The van der Waals surface area contributed by atoms with Gasteiger partial charge in [0, 0.05) is 11.8 Å². The molecule has 4 aromatic heterocycles. The van der Waals surface area contributed by atoms with Crippen molar-refractivity contribution < 1.29 is 0 Å². The first-order chi connectivity index (χ1) is 14.1. The summed E-state index contributed by atoms with van der Waals surface area (Å²) in [4.78, 5) is 29.8. The lowest BCUT2D eigenvalue weighted by molar-refractivity contribution is 0.833. The number of thiazole rings is 1. The van der Waals surface area contributed by atoms with Crippen LogP contribution >= 0.6 is 22.7 Å². The van der Waals surface area contributed by atoms with Crippen LogP contribution in [0.4, 0.5) is 0 Å². The van der Waals surface area contributed by atoms with Crippen LogP contribution in [0.1, 0.15) is 11.3 Å². The van der Waals surface area contributed by atoms with Gasteiger partial charge in [-0.3, -0.25) is 9.59 Å². The number of nitrogens with zero attached hydrogens (tertiary/aromatic N) is 5. The highest BCUT2D eigenvalue weighted by Gasteiger charge is 2.14. The van der Waals surface area contributed by atoms with Crippen LogP contribution in [-0.4, -0.2) is 24.4 Å². The van der Waals surface area contributed by atoms with E-state index in [4.69, 9.17) is 5.10 Å². The number of aryl methyl sites for hydroxylation is 1. The van der Waals surface area contributed by atoms with Crippen molar-refractivity contribution in [3.63, 3.8) is 0 Å². The monoisotopic (exact) mass is 419 g/mol. The lowest BCUT2D eigenvalue weighted by atomic mass is 10.2. The fourth-order valence-electron chi connectivity index (χ4n) is 2.94. The summed E-state index contributed by atoms with van der Waals surface area (Å²) in [6.07, 6.45) is 3.68. The summed E-state index contributed by atoms with van der Waals surface area (Å²) >= 11 is 2.72.